The normalized spacial score (nSPS) is 15.2. The van der Waals surface area contributed by atoms with Crippen LogP contribution in [-0.4, -0.2) is 64.0 Å². The number of nitrogens with one attached hydrogen (secondary N) is 1. The minimum absolute atomic E-state index is 0.0570. The van der Waals surface area contributed by atoms with Crippen molar-refractivity contribution in [3.05, 3.63) is 36.7 Å². The van der Waals surface area contributed by atoms with Crippen LogP contribution >= 0.6 is 0 Å². The summed E-state index contributed by atoms with van der Waals surface area (Å²) in [5.41, 5.74) is 0.398. The SMILES string of the molecule is CN(C)c1cc(NC2CCN(C(=O)c3cnccn3)CC2)ncn1. The van der Waals surface area contributed by atoms with Gasteiger partial charge in [0, 0.05) is 51.7 Å². The maximum Gasteiger partial charge on any atom is 0.274 e. The first-order valence-electron chi connectivity index (χ1n) is 7.94. The zero-order valence-electron chi connectivity index (χ0n) is 13.9. The van der Waals surface area contributed by atoms with E-state index in [2.05, 4.69) is 25.3 Å². The summed E-state index contributed by atoms with van der Waals surface area (Å²) in [5.74, 6) is 1.62. The summed E-state index contributed by atoms with van der Waals surface area (Å²) in [7, 11) is 3.89. The Bertz CT molecular complexity index is 684. The third-order valence-electron chi connectivity index (χ3n) is 4.03. The molecule has 0 bridgehead atoms. The van der Waals surface area contributed by atoms with Crippen molar-refractivity contribution in [2.45, 2.75) is 18.9 Å². The van der Waals surface area contributed by atoms with Gasteiger partial charge in [-0.3, -0.25) is 9.78 Å². The molecule has 1 fully saturated rings. The highest BCUT2D eigenvalue weighted by Gasteiger charge is 2.24. The maximum absolute atomic E-state index is 12.4. The Morgan fingerprint density at radius 3 is 2.67 bits per heavy atom. The number of amides is 1. The van der Waals surface area contributed by atoms with E-state index in [0.717, 1.165) is 24.5 Å². The summed E-state index contributed by atoms with van der Waals surface area (Å²) in [6.07, 6.45) is 7.91. The Hall–Kier alpha value is -2.77. The Kier molecular flexibility index (Phi) is 4.83. The first kappa shape index (κ1) is 16.1. The predicted molar refractivity (Wildman–Crippen MR) is 90.9 cm³/mol. The van der Waals surface area contributed by atoms with E-state index in [1.807, 2.05) is 30.0 Å². The topological polar surface area (TPSA) is 87.1 Å². The lowest BCUT2D eigenvalue weighted by Gasteiger charge is -2.32. The van der Waals surface area contributed by atoms with E-state index >= 15 is 0 Å². The second-order valence-electron chi connectivity index (χ2n) is 5.96. The van der Waals surface area contributed by atoms with Crippen molar-refractivity contribution in [2.75, 3.05) is 37.4 Å². The fourth-order valence-electron chi connectivity index (χ4n) is 2.68. The van der Waals surface area contributed by atoms with Crippen molar-refractivity contribution in [1.29, 1.82) is 0 Å². The van der Waals surface area contributed by atoms with Crippen LogP contribution in [0.5, 0.6) is 0 Å². The van der Waals surface area contributed by atoms with Gasteiger partial charge in [-0.25, -0.2) is 15.0 Å². The van der Waals surface area contributed by atoms with Crippen LogP contribution in [-0.2, 0) is 0 Å². The number of carbonyl (C=O) groups is 1. The zero-order chi connectivity index (χ0) is 16.9. The molecule has 0 unspecified atom stereocenters. The summed E-state index contributed by atoms with van der Waals surface area (Å²) in [6.45, 7) is 1.39. The monoisotopic (exact) mass is 327 g/mol. The fraction of sp³-hybridized carbons (Fsp3) is 0.438. The van der Waals surface area contributed by atoms with Crippen molar-refractivity contribution in [3.63, 3.8) is 0 Å². The molecule has 0 spiro atoms. The van der Waals surface area contributed by atoms with Gasteiger partial charge in [-0.05, 0) is 12.8 Å². The van der Waals surface area contributed by atoms with E-state index < -0.39 is 0 Å². The summed E-state index contributed by atoms with van der Waals surface area (Å²) in [4.78, 5) is 32.6. The summed E-state index contributed by atoms with van der Waals surface area (Å²) in [6, 6.07) is 2.22. The molecule has 8 nitrogen and oxygen atoms in total. The predicted octanol–water partition coefficient (Wildman–Crippen LogP) is 1.05. The average molecular weight is 327 g/mol. The number of rotatable bonds is 4. The molecule has 8 heteroatoms. The molecular formula is C16H21N7O. The molecule has 1 saturated heterocycles. The van der Waals surface area contributed by atoms with Gasteiger partial charge in [-0.2, -0.15) is 0 Å². The molecule has 1 aliphatic rings. The number of nitrogens with zero attached hydrogens (tertiary/aromatic N) is 6. The first-order valence-corrected chi connectivity index (χ1v) is 7.94. The van der Waals surface area contributed by atoms with Gasteiger partial charge >= 0.3 is 0 Å². The first-order chi connectivity index (χ1) is 11.6. The van der Waals surface area contributed by atoms with Gasteiger partial charge in [-0.15, -0.1) is 0 Å². The van der Waals surface area contributed by atoms with Gasteiger partial charge in [0.25, 0.3) is 5.91 Å². The molecule has 2 aromatic rings. The molecule has 3 rings (SSSR count). The lowest BCUT2D eigenvalue weighted by molar-refractivity contribution is 0.0712. The Morgan fingerprint density at radius 2 is 2.00 bits per heavy atom. The Balaban J connectivity index is 1.56. The molecular weight excluding hydrogens is 306 g/mol. The quantitative estimate of drug-likeness (QED) is 0.898. The van der Waals surface area contributed by atoms with Crippen molar-refractivity contribution >= 4 is 17.5 Å². The number of hydrogen-bond acceptors (Lipinski definition) is 7. The van der Waals surface area contributed by atoms with Gasteiger partial charge in [0.05, 0.1) is 6.20 Å². The highest BCUT2D eigenvalue weighted by Crippen LogP contribution is 2.18. The molecule has 126 valence electrons. The summed E-state index contributed by atoms with van der Waals surface area (Å²) in [5, 5.41) is 3.43. The van der Waals surface area contributed by atoms with Crippen LogP contribution in [0.15, 0.2) is 31.0 Å². The Morgan fingerprint density at radius 1 is 1.21 bits per heavy atom. The average Bonchev–Trinajstić information content (AvgIpc) is 2.63. The smallest absolute Gasteiger partial charge is 0.274 e. The number of carbonyl (C=O) groups excluding carboxylic acids is 1. The van der Waals surface area contributed by atoms with Crippen LogP contribution in [0.1, 0.15) is 23.3 Å². The largest absolute Gasteiger partial charge is 0.367 e. The third kappa shape index (κ3) is 3.76. The minimum atomic E-state index is -0.0570. The molecule has 0 radical (unpaired) electrons. The van der Waals surface area contributed by atoms with Gasteiger partial charge in [0.15, 0.2) is 0 Å². The molecule has 1 amide bonds. The molecule has 24 heavy (non-hydrogen) atoms. The van der Waals surface area contributed by atoms with Crippen molar-refractivity contribution in [1.82, 2.24) is 24.8 Å². The number of hydrogen-bond donors (Lipinski definition) is 1. The van der Waals surface area contributed by atoms with Crippen LogP contribution < -0.4 is 10.2 Å². The highest BCUT2D eigenvalue weighted by molar-refractivity contribution is 5.92. The lowest BCUT2D eigenvalue weighted by Crippen LogP contribution is -2.42. The second kappa shape index (κ2) is 7.20. The third-order valence-corrected chi connectivity index (χ3v) is 4.03. The molecule has 0 aromatic carbocycles. The molecule has 0 saturated carbocycles. The molecule has 0 atom stereocenters. The second-order valence-corrected chi connectivity index (χ2v) is 5.96. The van der Waals surface area contributed by atoms with Crippen molar-refractivity contribution < 1.29 is 4.79 Å². The molecule has 1 aliphatic heterocycles. The molecule has 3 heterocycles. The summed E-state index contributed by atoms with van der Waals surface area (Å²) < 4.78 is 0. The van der Waals surface area contributed by atoms with Gasteiger partial charge in [0.2, 0.25) is 0 Å². The van der Waals surface area contributed by atoms with E-state index in [1.165, 1.54) is 6.20 Å². The van der Waals surface area contributed by atoms with Gasteiger partial charge in [-0.1, -0.05) is 0 Å². The molecule has 1 N–H and O–H groups in total. The van der Waals surface area contributed by atoms with E-state index in [-0.39, 0.29) is 5.91 Å². The lowest BCUT2D eigenvalue weighted by atomic mass is 10.0. The van der Waals surface area contributed by atoms with Gasteiger partial charge < -0.3 is 15.1 Å². The van der Waals surface area contributed by atoms with Crippen LogP contribution in [0.2, 0.25) is 0 Å². The van der Waals surface area contributed by atoms with E-state index in [0.29, 0.717) is 24.8 Å². The number of piperidine rings is 1. The van der Waals surface area contributed by atoms with Gasteiger partial charge in [0.1, 0.15) is 23.7 Å². The van der Waals surface area contributed by atoms with Crippen molar-refractivity contribution in [2.24, 2.45) is 0 Å². The van der Waals surface area contributed by atoms with E-state index in [1.54, 1.807) is 18.7 Å². The van der Waals surface area contributed by atoms with Crippen LogP contribution in [0.4, 0.5) is 11.6 Å². The van der Waals surface area contributed by atoms with Crippen LogP contribution in [0.3, 0.4) is 0 Å². The standard InChI is InChI=1S/C16H21N7O/c1-22(2)15-9-14(19-11-20-15)21-12-3-7-23(8-4-12)16(24)13-10-17-5-6-18-13/h5-6,9-12H,3-4,7-8H2,1-2H3,(H,19,20,21). The van der Waals surface area contributed by atoms with E-state index in [9.17, 15) is 4.79 Å². The number of anilines is 2. The van der Waals surface area contributed by atoms with Crippen LogP contribution in [0, 0.1) is 0 Å². The Labute approximate surface area is 141 Å². The number of likely N-dealkylation sites (tertiary alicyclic amines) is 1. The van der Waals surface area contributed by atoms with Crippen molar-refractivity contribution in [3.8, 4) is 0 Å². The van der Waals surface area contributed by atoms with E-state index in [4.69, 9.17) is 0 Å². The minimum Gasteiger partial charge on any atom is -0.367 e. The summed E-state index contributed by atoms with van der Waals surface area (Å²) >= 11 is 0. The van der Waals surface area contributed by atoms with Crippen LogP contribution in [0.25, 0.3) is 0 Å². The highest BCUT2D eigenvalue weighted by atomic mass is 16.2. The number of aromatic nitrogens is 4. The zero-order valence-corrected chi connectivity index (χ0v) is 13.9. The molecule has 2 aromatic heterocycles. The molecule has 0 aliphatic carbocycles. The fourth-order valence-corrected chi connectivity index (χ4v) is 2.68. The maximum atomic E-state index is 12.4.